The highest BCUT2D eigenvalue weighted by Gasteiger charge is 2.32. The van der Waals surface area contributed by atoms with Gasteiger partial charge in [-0.05, 0) is 24.5 Å². The number of carbonyl (C=O) groups excluding carboxylic acids is 2. The number of allylic oxidation sites excluding steroid dienone is 1. The third-order valence-corrected chi connectivity index (χ3v) is 4.42. The monoisotopic (exact) mass is 359 g/mol. The predicted octanol–water partition coefficient (Wildman–Crippen LogP) is 0.676. The Balaban J connectivity index is 1.95. The highest BCUT2D eigenvalue weighted by molar-refractivity contribution is 6.45. The highest BCUT2D eigenvalue weighted by Crippen LogP contribution is 2.26. The number of rotatable bonds is 8. The van der Waals surface area contributed by atoms with Gasteiger partial charge in [-0.1, -0.05) is 18.2 Å². The smallest absolute Gasteiger partial charge is 0.427 e. The van der Waals surface area contributed by atoms with Crippen LogP contribution in [0, 0.1) is 0 Å². The minimum absolute atomic E-state index is 0.00879. The lowest BCUT2D eigenvalue weighted by atomic mass is 9.67. The van der Waals surface area contributed by atoms with Crippen molar-refractivity contribution < 1.29 is 19.3 Å². The fraction of sp³-hybridized carbons (Fsp3) is 0.500. The Labute approximate surface area is 154 Å². The van der Waals surface area contributed by atoms with Gasteiger partial charge in [0.2, 0.25) is 0 Å². The third kappa shape index (κ3) is 5.84. The van der Waals surface area contributed by atoms with Crippen molar-refractivity contribution in [2.24, 2.45) is 11.5 Å². The van der Waals surface area contributed by atoms with Crippen LogP contribution in [0.15, 0.2) is 24.4 Å². The van der Waals surface area contributed by atoms with Crippen LogP contribution in [0.25, 0.3) is 0 Å². The molecule has 1 aliphatic rings. The summed E-state index contributed by atoms with van der Waals surface area (Å²) in [5.41, 5.74) is 13.7. The molecule has 0 radical (unpaired) electrons. The molecule has 0 spiro atoms. The van der Waals surface area contributed by atoms with Crippen LogP contribution in [0.2, 0.25) is 5.82 Å². The molecule has 0 aromatic carbocycles. The molecule has 0 aliphatic carbocycles. The summed E-state index contributed by atoms with van der Waals surface area (Å²) in [5.74, 6) is -0.354. The van der Waals surface area contributed by atoms with Crippen LogP contribution in [0.5, 0.6) is 0 Å². The molecule has 26 heavy (non-hydrogen) atoms. The molecule has 1 aromatic heterocycles. The molecule has 7 nitrogen and oxygen atoms in total. The van der Waals surface area contributed by atoms with Crippen molar-refractivity contribution in [1.29, 1.82) is 0 Å². The molecule has 5 N–H and O–H groups in total. The molecular weight excluding hydrogens is 333 g/mol. The van der Waals surface area contributed by atoms with E-state index in [-0.39, 0.29) is 36.6 Å². The van der Waals surface area contributed by atoms with Crippen molar-refractivity contribution in [3.05, 3.63) is 41.2 Å². The molecule has 0 saturated heterocycles. The number of nitrogens with two attached hydrogens (primary N) is 2. The maximum atomic E-state index is 12.4. The number of Topliss-reactive ketones (excluding diaryl/α,β-unsaturated/α-hetero) is 2. The van der Waals surface area contributed by atoms with Gasteiger partial charge in [-0.15, -0.1) is 0 Å². The predicted molar refractivity (Wildman–Crippen MR) is 99.0 cm³/mol. The number of aromatic nitrogens is 1. The van der Waals surface area contributed by atoms with Gasteiger partial charge in [0.1, 0.15) is 11.6 Å². The largest absolute Gasteiger partial charge is 0.458 e. The molecule has 140 valence electrons. The molecule has 0 fully saturated rings. The van der Waals surface area contributed by atoms with Crippen LogP contribution in [0.1, 0.15) is 43.0 Å². The zero-order valence-electron chi connectivity index (χ0n) is 15.1. The van der Waals surface area contributed by atoms with Crippen molar-refractivity contribution in [3.8, 4) is 0 Å². The van der Waals surface area contributed by atoms with Gasteiger partial charge in [-0.2, -0.15) is 0 Å². The molecule has 0 amide bonds. The van der Waals surface area contributed by atoms with E-state index in [0.29, 0.717) is 19.5 Å². The Morgan fingerprint density at radius 2 is 2.12 bits per heavy atom. The van der Waals surface area contributed by atoms with Crippen LogP contribution in [0.4, 0.5) is 0 Å². The fourth-order valence-corrected chi connectivity index (χ4v) is 3.08. The summed E-state index contributed by atoms with van der Waals surface area (Å²) in [4.78, 5) is 27.9. The third-order valence-electron chi connectivity index (χ3n) is 4.42. The van der Waals surface area contributed by atoms with E-state index >= 15 is 0 Å². The van der Waals surface area contributed by atoms with Gasteiger partial charge in [0.25, 0.3) is 0 Å². The van der Waals surface area contributed by atoms with Crippen LogP contribution in [0.3, 0.4) is 0 Å². The molecule has 1 aliphatic heterocycles. The number of hydrogen-bond donors (Lipinski definition) is 3. The van der Waals surface area contributed by atoms with Gasteiger partial charge in [0.15, 0.2) is 0 Å². The average Bonchev–Trinajstić information content (AvgIpc) is 2.75. The van der Waals surface area contributed by atoms with E-state index in [9.17, 15) is 14.6 Å². The molecule has 2 heterocycles. The molecule has 8 heteroatoms. The SMILES string of the molecule is CC(=O)C[C@H]1C=CC[C@H](CC(=O)Cc2cnc(CN)c(CN)c2)B(O)O1. The lowest BCUT2D eigenvalue weighted by molar-refractivity contribution is -0.119. The first-order valence-corrected chi connectivity index (χ1v) is 8.81. The number of ketones is 2. The van der Waals surface area contributed by atoms with Gasteiger partial charge < -0.3 is 21.1 Å². The Bertz CT molecular complexity index is 680. The van der Waals surface area contributed by atoms with E-state index in [1.165, 1.54) is 6.92 Å². The standard InChI is InChI=1S/C18H26BN3O4/c1-12(23)5-17-4-2-3-15(19(25)26-17)8-16(24)7-13-6-14(9-20)18(10-21)22-11-13/h2,4,6,11,15,17,25H,3,5,7-10,20-21H2,1H3/t15-,17-/m1/s1. The van der Waals surface area contributed by atoms with Crippen molar-refractivity contribution in [3.63, 3.8) is 0 Å². The van der Waals surface area contributed by atoms with Crippen LogP contribution >= 0.6 is 0 Å². The van der Waals surface area contributed by atoms with E-state index in [1.54, 1.807) is 12.3 Å². The lowest BCUT2D eigenvalue weighted by Crippen LogP contribution is -2.30. The van der Waals surface area contributed by atoms with Crippen LogP contribution < -0.4 is 11.5 Å². The number of nitrogens with zero attached hydrogens (tertiary/aromatic N) is 1. The van der Waals surface area contributed by atoms with E-state index in [2.05, 4.69) is 4.98 Å². The summed E-state index contributed by atoms with van der Waals surface area (Å²) < 4.78 is 5.51. The molecule has 0 saturated carbocycles. The van der Waals surface area contributed by atoms with E-state index in [4.69, 9.17) is 16.1 Å². The Kier molecular flexibility index (Phi) is 7.65. The molecule has 1 aromatic rings. The topological polar surface area (TPSA) is 129 Å². The summed E-state index contributed by atoms with van der Waals surface area (Å²) in [6, 6.07) is 1.86. The minimum atomic E-state index is -1.07. The first-order chi connectivity index (χ1) is 12.4. The molecule has 0 bridgehead atoms. The van der Waals surface area contributed by atoms with Crippen molar-refractivity contribution in [2.75, 3.05) is 0 Å². The average molecular weight is 359 g/mol. The maximum absolute atomic E-state index is 12.4. The van der Waals surface area contributed by atoms with E-state index < -0.39 is 13.2 Å². The summed E-state index contributed by atoms with van der Waals surface area (Å²) in [6.45, 7) is 2.11. The molecular formula is C18H26BN3O4. The lowest BCUT2D eigenvalue weighted by Gasteiger charge is -2.18. The fourth-order valence-electron chi connectivity index (χ4n) is 3.08. The van der Waals surface area contributed by atoms with Crippen molar-refractivity contribution in [1.82, 2.24) is 4.98 Å². The first-order valence-electron chi connectivity index (χ1n) is 8.81. The quantitative estimate of drug-likeness (QED) is 0.460. The Morgan fingerprint density at radius 3 is 2.77 bits per heavy atom. The van der Waals surface area contributed by atoms with Crippen LogP contribution in [-0.2, 0) is 33.8 Å². The summed E-state index contributed by atoms with van der Waals surface area (Å²) in [6.07, 6.45) is 5.99. The summed E-state index contributed by atoms with van der Waals surface area (Å²) >= 11 is 0. The molecule has 0 unspecified atom stereocenters. The Morgan fingerprint density at radius 1 is 1.35 bits per heavy atom. The Hall–Kier alpha value is -1.87. The maximum Gasteiger partial charge on any atom is 0.458 e. The zero-order valence-corrected chi connectivity index (χ0v) is 15.1. The van der Waals surface area contributed by atoms with Crippen LogP contribution in [-0.4, -0.2) is 34.8 Å². The second-order valence-electron chi connectivity index (χ2n) is 6.67. The normalized spacial score (nSPS) is 20.1. The minimum Gasteiger partial charge on any atom is -0.427 e. The summed E-state index contributed by atoms with van der Waals surface area (Å²) in [7, 11) is -1.07. The number of pyridine rings is 1. The van der Waals surface area contributed by atoms with Gasteiger partial charge in [0, 0.05) is 44.4 Å². The van der Waals surface area contributed by atoms with Gasteiger partial charge in [-0.25, -0.2) is 0 Å². The van der Waals surface area contributed by atoms with Gasteiger partial charge in [0.05, 0.1) is 11.8 Å². The molecule has 2 atom stereocenters. The second-order valence-corrected chi connectivity index (χ2v) is 6.67. The van der Waals surface area contributed by atoms with Gasteiger partial charge >= 0.3 is 7.12 Å². The number of carbonyl (C=O) groups is 2. The zero-order chi connectivity index (χ0) is 19.1. The first kappa shape index (κ1) is 20.4. The summed E-state index contributed by atoms with van der Waals surface area (Å²) in [5, 5.41) is 10.2. The molecule has 2 rings (SSSR count). The van der Waals surface area contributed by atoms with E-state index in [0.717, 1.165) is 16.8 Å². The van der Waals surface area contributed by atoms with Gasteiger partial charge in [-0.3, -0.25) is 14.6 Å². The number of hydrogen-bond acceptors (Lipinski definition) is 7. The second kappa shape index (κ2) is 9.73. The van der Waals surface area contributed by atoms with Crippen molar-refractivity contribution >= 4 is 18.7 Å². The van der Waals surface area contributed by atoms with Crippen molar-refractivity contribution in [2.45, 2.75) is 57.6 Å². The van der Waals surface area contributed by atoms with E-state index in [1.807, 2.05) is 12.1 Å². The highest BCUT2D eigenvalue weighted by atomic mass is 16.5.